The van der Waals surface area contributed by atoms with E-state index in [4.69, 9.17) is 18.9 Å². The smallest absolute Gasteiger partial charge is 0.322 e. The molecule has 0 unspecified atom stereocenters. The zero-order chi connectivity index (χ0) is 20.4. The molecule has 4 rings (SSSR count). The van der Waals surface area contributed by atoms with Crippen LogP contribution in [-0.4, -0.2) is 40.8 Å². The van der Waals surface area contributed by atoms with E-state index in [9.17, 15) is 0 Å². The van der Waals surface area contributed by atoms with Crippen LogP contribution in [0.25, 0.3) is 16.6 Å². The van der Waals surface area contributed by atoms with Gasteiger partial charge in [0.05, 0.1) is 44.6 Å². The van der Waals surface area contributed by atoms with E-state index in [0.29, 0.717) is 28.5 Å². The van der Waals surface area contributed by atoms with E-state index >= 15 is 0 Å². The van der Waals surface area contributed by atoms with Crippen molar-refractivity contribution in [2.45, 2.75) is 6.92 Å². The van der Waals surface area contributed by atoms with Gasteiger partial charge in [0.1, 0.15) is 11.5 Å². The lowest BCUT2D eigenvalue weighted by molar-refractivity contribution is 0.355. The Hall–Kier alpha value is -3.81. The number of aromatic nitrogens is 4. The number of imidazole rings is 1. The molecule has 0 aliphatic rings. The van der Waals surface area contributed by atoms with E-state index in [2.05, 4.69) is 15.0 Å². The Kier molecular flexibility index (Phi) is 4.90. The maximum Gasteiger partial charge on any atom is 0.322 e. The minimum Gasteiger partial charge on any atom is -0.497 e. The van der Waals surface area contributed by atoms with Crippen LogP contribution in [0.15, 0.2) is 49.1 Å². The van der Waals surface area contributed by atoms with Crippen molar-refractivity contribution in [2.75, 3.05) is 21.3 Å². The Morgan fingerprint density at radius 3 is 2.28 bits per heavy atom. The van der Waals surface area contributed by atoms with E-state index < -0.39 is 0 Å². The topological polar surface area (TPSA) is 80.5 Å². The summed E-state index contributed by atoms with van der Waals surface area (Å²) in [6.07, 6.45) is 5.34. The van der Waals surface area contributed by atoms with Crippen molar-refractivity contribution in [1.82, 2.24) is 19.5 Å². The number of fused-ring (bicyclic) bond motifs is 1. The minimum atomic E-state index is 0.214. The molecule has 0 aliphatic carbocycles. The predicted molar refractivity (Wildman–Crippen MR) is 108 cm³/mol. The Balaban J connectivity index is 1.70. The maximum atomic E-state index is 5.92. The molecule has 0 bridgehead atoms. The predicted octanol–water partition coefficient (Wildman–Crippen LogP) is 3.94. The summed E-state index contributed by atoms with van der Waals surface area (Å²) >= 11 is 0. The molecule has 0 fully saturated rings. The average molecular weight is 392 g/mol. The summed E-state index contributed by atoms with van der Waals surface area (Å²) in [5.41, 5.74) is 2.45. The van der Waals surface area contributed by atoms with Gasteiger partial charge in [-0.1, -0.05) is 0 Å². The van der Waals surface area contributed by atoms with E-state index in [1.165, 1.54) is 0 Å². The first-order valence-electron chi connectivity index (χ1n) is 8.86. The van der Waals surface area contributed by atoms with E-state index in [-0.39, 0.29) is 6.01 Å². The summed E-state index contributed by atoms with van der Waals surface area (Å²) < 4.78 is 23.9. The molecule has 0 aliphatic heterocycles. The number of aryl methyl sites for hydroxylation is 1. The second kappa shape index (κ2) is 7.67. The SMILES string of the molecule is COc1cc(Oc2ncc3cc(OC)c(OC)cc3n2)cc(-n2cnc(C)c2)c1. The maximum absolute atomic E-state index is 5.92. The summed E-state index contributed by atoms with van der Waals surface area (Å²) in [5, 5.41) is 0.815. The second-order valence-electron chi connectivity index (χ2n) is 6.31. The highest BCUT2D eigenvalue weighted by molar-refractivity contribution is 5.82. The summed E-state index contributed by atoms with van der Waals surface area (Å²) in [6.45, 7) is 1.93. The lowest BCUT2D eigenvalue weighted by Gasteiger charge is -2.11. The first kappa shape index (κ1) is 18.5. The largest absolute Gasteiger partial charge is 0.497 e. The Bertz CT molecular complexity index is 1170. The van der Waals surface area contributed by atoms with Crippen LogP contribution < -0.4 is 18.9 Å². The van der Waals surface area contributed by atoms with Crippen molar-refractivity contribution >= 4 is 10.9 Å². The third kappa shape index (κ3) is 3.77. The van der Waals surface area contributed by atoms with E-state index in [1.807, 2.05) is 35.9 Å². The number of nitrogens with zero attached hydrogens (tertiary/aromatic N) is 4. The van der Waals surface area contributed by atoms with Crippen molar-refractivity contribution in [3.8, 4) is 34.7 Å². The fourth-order valence-corrected chi connectivity index (χ4v) is 2.94. The molecular weight excluding hydrogens is 372 g/mol. The molecule has 0 saturated heterocycles. The van der Waals surface area contributed by atoms with Gasteiger partial charge in [-0.25, -0.2) is 9.97 Å². The van der Waals surface area contributed by atoms with Crippen molar-refractivity contribution in [2.24, 2.45) is 0 Å². The van der Waals surface area contributed by atoms with Gasteiger partial charge >= 0.3 is 6.01 Å². The van der Waals surface area contributed by atoms with Crippen molar-refractivity contribution in [3.05, 3.63) is 54.7 Å². The van der Waals surface area contributed by atoms with Crippen molar-refractivity contribution < 1.29 is 18.9 Å². The standard InChI is InChI=1S/C21H20N4O4/c1-13-11-25(12-23-13)15-6-16(26-2)8-17(7-15)29-21-22-10-14-5-19(27-3)20(28-4)9-18(14)24-21/h5-12H,1-4H3. The Morgan fingerprint density at radius 1 is 0.828 bits per heavy atom. The van der Waals surface area contributed by atoms with Crippen molar-refractivity contribution in [1.29, 1.82) is 0 Å². The second-order valence-corrected chi connectivity index (χ2v) is 6.31. The van der Waals surface area contributed by atoms with Crippen LogP contribution >= 0.6 is 0 Å². The zero-order valence-electron chi connectivity index (χ0n) is 16.5. The monoisotopic (exact) mass is 392 g/mol. The van der Waals surface area contributed by atoms with Gasteiger partial charge in [-0.2, -0.15) is 4.98 Å². The van der Waals surface area contributed by atoms with Gasteiger partial charge in [-0.05, 0) is 13.0 Å². The van der Waals surface area contributed by atoms with Crippen LogP contribution in [0.1, 0.15) is 5.69 Å². The first-order chi connectivity index (χ1) is 14.1. The molecule has 2 aromatic heterocycles. The summed E-state index contributed by atoms with van der Waals surface area (Å²) in [7, 11) is 4.77. The Morgan fingerprint density at radius 2 is 1.59 bits per heavy atom. The van der Waals surface area contributed by atoms with Gasteiger partial charge in [0.15, 0.2) is 11.5 Å². The molecule has 8 heteroatoms. The summed E-state index contributed by atoms with van der Waals surface area (Å²) in [6, 6.07) is 9.36. The molecule has 2 heterocycles. The lowest BCUT2D eigenvalue weighted by atomic mass is 10.2. The van der Waals surface area contributed by atoms with Gasteiger partial charge in [-0.3, -0.25) is 0 Å². The molecular formula is C21H20N4O4. The first-order valence-corrected chi connectivity index (χ1v) is 8.86. The lowest BCUT2D eigenvalue weighted by Crippen LogP contribution is -1.97. The quantitative estimate of drug-likeness (QED) is 0.492. The highest BCUT2D eigenvalue weighted by Gasteiger charge is 2.11. The molecule has 0 radical (unpaired) electrons. The van der Waals surface area contributed by atoms with Crippen LogP contribution in [-0.2, 0) is 0 Å². The minimum absolute atomic E-state index is 0.214. The molecule has 0 atom stereocenters. The van der Waals surface area contributed by atoms with E-state index in [1.54, 1.807) is 46.0 Å². The van der Waals surface area contributed by atoms with E-state index in [0.717, 1.165) is 16.8 Å². The third-order valence-corrected chi connectivity index (χ3v) is 4.38. The molecule has 0 N–H and O–H groups in total. The zero-order valence-corrected chi connectivity index (χ0v) is 16.5. The number of ether oxygens (including phenoxy) is 4. The average Bonchev–Trinajstić information content (AvgIpc) is 3.18. The molecule has 4 aromatic rings. The third-order valence-electron chi connectivity index (χ3n) is 4.38. The highest BCUT2D eigenvalue weighted by atomic mass is 16.5. The number of hydrogen-bond donors (Lipinski definition) is 0. The van der Waals surface area contributed by atoms with Crippen LogP contribution in [0.4, 0.5) is 0 Å². The molecule has 29 heavy (non-hydrogen) atoms. The van der Waals surface area contributed by atoms with Crippen LogP contribution in [0.3, 0.4) is 0 Å². The number of benzene rings is 2. The van der Waals surface area contributed by atoms with Gasteiger partial charge in [-0.15, -0.1) is 0 Å². The molecule has 0 saturated carbocycles. The fraction of sp³-hybridized carbons (Fsp3) is 0.190. The van der Waals surface area contributed by atoms with Crippen molar-refractivity contribution in [3.63, 3.8) is 0 Å². The molecule has 148 valence electrons. The molecule has 0 amide bonds. The molecule has 0 spiro atoms. The van der Waals surface area contributed by atoms with Crippen LogP contribution in [0.2, 0.25) is 0 Å². The summed E-state index contributed by atoms with van der Waals surface area (Å²) in [5.74, 6) is 2.40. The van der Waals surface area contributed by atoms with Crippen LogP contribution in [0, 0.1) is 6.92 Å². The Labute approximate surface area is 167 Å². The molecule has 8 nitrogen and oxygen atoms in total. The van der Waals surface area contributed by atoms with Gasteiger partial charge in [0.25, 0.3) is 0 Å². The summed E-state index contributed by atoms with van der Waals surface area (Å²) in [4.78, 5) is 13.1. The number of methoxy groups -OCH3 is 3. The number of hydrogen-bond acceptors (Lipinski definition) is 7. The fourth-order valence-electron chi connectivity index (χ4n) is 2.94. The normalized spacial score (nSPS) is 10.8. The van der Waals surface area contributed by atoms with Crippen LogP contribution in [0.5, 0.6) is 29.0 Å². The molecule has 2 aromatic carbocycles. The van der Waals surface area contributed by atoms with Gasteiger partial charge in [0, 0.05) is 42.0 Å². The number of rotatable bonds is 6. The highest BCUT2D eigenvalue weighted by Crippen LogP contribution is 2.33. The van der Waals surface area contributed by atoms with Gasteiger partial charge in [0.2, 0.25) is 0 Å². The van der Waals surface area contributed by atoms with Gasteiger partial charge < -0.3 is 23.5 Å².